The number of amides is 2. The molecule has 0 aliphatic carbocycles. The van der Waals surface area contributed by atoms with Gasteiger partial charge in [0.05, 0.1) is 11.9 Å². The van der Waals surface area contributed by atoms with Crippen LogP contribution in [-0.4, -0.2) is 27.6 Å². The van der Waals surface area contributed by atoms with Gasteiger partial charge in [-0.25, -0.2) is 0 Å². The van der Waals surface area contributed by atoms with Crippen LogP contribution in [0.5, 0.6) is 0 Å². The van der Waals surface area contributed by atoms with Gasteiger partial charge in [-0.15, -0.1) is 0 Å². The quantitative estimate of drug-likeness (QED) is 0.724. The van der Waals surface area contributed by atoms with Crippen molar-refractivity contribution in [2.45, 2.75) is 51.1 Å². The number of nitrogens with zero attached hydrogens (tertiary/aromatic N) is 1. The Bertz CT molecular complexity index is 741. The van der Waals surface area contributed by atoms with Crippen LogP contribution in [0.3, 0.4) is 0 Å². The number of nitrogens with one attached hydrogen (secondary N) is 3. The Kier molecular flexibility index (Phi) is 5.16. The number of H-pyrrole nitrogens is 1. The molecule has 132 valence electrons. The molecule has 25 heavy (non-hydrogen) atoms. The second kappa shape index (κ2) is 7.51. The van der Waals surface area contributed by atoms with E-state index in [2.05, 4.69) is 27.8 Å². The third kappa shape index (κ3) is 4.07. The number of aromatic amines is 1. The molecular weight excluding hydrogens is 316 g/mol. The monoisotopic (exact) mass is 340 g/mol. The summed E-state index contributed by atoms with van der Waals surface area (Å²) in [6.07, 6.45) is 5.06. The van der Waals surface area contributed by atoms with Crippen molar-refractivity contribution in [3.8, 4) is 11.3 Å². The molecule has 6 heteroatoms. The Morgan fingerprint density at radius 1 is 1.32 bits per heavy atom. The number of aromatic nitrogens is 2. The smallest absolute Gasteiger partial charge is 0.220 e. The zero-order valence-electron chi connectivity index (χ0n) is 14.5. The summed E-state index contributed by atoms with van der Waals surface area (Å²) in [7, 11) is 0. The van der Waals surface area contributed by atoms with Gasteiger partial charge in [-0.1, -0.05) is 37.3 Å². The zero-order valence-corrected chi connectivity index (χ0v) is 14.5. The fourth-order valence-corrected chi connectivity index (χ4v) is 3.34. The zero-order chi connectivity index (χ0) is 17.7. The lowest BCUT2D eigenvalue weighted by molar-refractivity contribution is -0.122. The van der Waals surface area contributed by atoms with E-state index in [-0.39, 0.29) is 17.4 Å². The van der Waals surface area contributed by atoms with E-state index in [0.29, 0.717) is 25.8 Å². The Labute approximate surface area is 147 Å². The first-order valence-corrected chi connectivity index (χ1v) is 8.77. The summed E-state index contributed by atoms with van der Waals surface area (Å²) in [5.41, 5.74) is 2.72. The summed E-state index contributed by atoms with van der Waals surface area (Å²) in [6.45, 7) is 2.49. The van der Waals surface area contributed by atoms with Crippen molar-refractivity contribution in [2.24, 2.45) is 0 Å². The van der Waals surface area contributed by atoms with Crippen LogP contribution in [0, 0.1) is 0 Å². The normalized spacial score (nSPS) is 19.6. The SMILES string of the molecule is CCC1(CCC(=O)NCc2cn[nH]c2-c2ccccc2)CCC(=O)N1. The number of hydrogen-bond donors (Lipinski definition) is 3. The van der Waals surface area contributed by atoms with Gasteiger partial charge in [-0.05, 0) is 24.8 Å². The van der Waals surface area contributed by atoms with Crippen molar-refractivity contribution in [2.75, 3.05) is 0 Å². The molecule has 1 saturated heterocycles. The van der Waals surface area contributed by atoms with E-state index < -0.39 is 0 Å². The first kappa shape index (κ1) is 17.2. The van der Waals surface area contributed by atoms with Crippen molar-refractivity contribution < 1.29 is 9.59 Å². The third-order valence-corrected chi connectivity index (χ3v) is 5.00. The molecule has 2 aromatic rings. The average molecular weight is 340 g/mol. The van der Waals surface area contributed by atoms with Crippen LogP contribution in [0.15, 0.2) is 36.5 Å². The molecule has 0 radical (unpaired) electrons. The van der Waals surface area contributed by atoms with E-state index >= 15 is 0 Å². The van der Waals surface area contributed by atoms with Gasteiger partial charge in [0.2, 0.25) is 11.8 Å². The van der Waals surface area contributed by atoms with Gasteiger partial charge >= 0.3 is 0 Å². The first-order valence-electron chi connectivity index (χ1n) is 8.77. The summed E-state index contributed by atoms with van der Waals surface area (Å²) in [4.78, 5) is 23.7. The molecule has 1 unspecified atom stereocenters. The van der Waals surface area contributed by atoms with Crippen molar-refractivity contribution in [3.05, 3.63) is 42.1 Å². The molecular formula is C19H24N4O2. The van der Waals surface area contributed by atoms with Crippen molar-refractivity contribution in [1.29, 1.82) is 0 Å². The largest absolute Gasteiger partial charge is 0.352 e. The summed E-state index contributed by atoms with van der Waals surface area (Å²) >= 11 is 0. The molecule has 6 nitrogen and oxygen atoms in total. The van der Waals surface area contributed by atoms with Gasteiger partial charge in [-0.3, -0.25) is 14.7 Å². The summed E-state index contributed by atoms with van der Waals surface area (Å²) < 4.78 is 0. The Balaban J connectivity index is 1.53. The van der Waals surface area contributed by atoms with E-state index in [1.165, 1.54) is 0 Å². The molecule has 3 rings (SSSR count). The van der Waals surface area contributed by atoms with E-state index in [0.717, 1.165) is 29.7 Å². The first-order chi connectivity index (χ1) is 12.1. The average Bonchev–Trinajstić information content (AvgIpc) is 3.26. The highest BCUT2D eigenvalue weighted by atomic mass is 16.2. The Hall–Kier alpha value is -2.63. The lowest BCUT2D eigenvalue weighted by atomic mass is 9.89. The topological polar surface area (TPSA) is 86.9 Å². The van der Waals surface area contributed by atoms with E-state index in [4.69, 9.17) is 0 Å². The van der Waals surface area contributed by atoms with Crippen molar-refractivity contribution in [3.63, 3.8) is 0 Å². The number of carbonyl (C=O) groups excluding carboxylic acids is 2. The maximum atomic E-state index is 12.2. The van der Waals surface area contributed by atoms with Crippen molar-refractivity contribution in [1.82, 2.24) is 20.8 Å². The Morgan fingerprint density at radius 3 is 2.80 bits per heavy atom. The minimum atomic E-state index is -0.209. The maximum absolute atomic E-state index is 12.2. The standard InChI is InChI=1S/C19H24N4O2/c1-2-19(11-9-17(25)22-19)10-8-16(24)20-12-15-13-21-23-18(15)14-6-4-3-5-7-14/h3-7,13H,2,8-12H2,1H3,(H,20,24)(H,21,23)(H,22,25). The van der Waals surface area contributed by atoms with Gasteiger partial charge in [0, 0.05) is 30.5 Å². The molecule has 1 fully saturated rings. The molecule has 1 aliphatic heterocycles. The fraction of sp³-hybridized carbons (Fsp3) is 0.421. The Morgan fingerprint density at radius 2 is 2.12 bits per heavy atom. The summed E-state index contributed by atoms with van der Waals surface area (Å²) in [5.74, 6) is 0.0855. The predicted molar refractivity (Wildman–Crippen MR) is 95.5 cm³/mol. The van der Waals surface area contributed by atoms with Crippen LogP contribution in [0.4, 0.5) is 0 Å². The number of carbonyl (C=O) groups is 2. The van der Waals surface area contributed by atoms with Gasteiger partial charge < -0.3 is 10.6 Å². The van der Waals surface area contributed by atoms with Gasteiger partial charge in [0.1, 0.15) is 0 Å². The number of benzene rings is 1. The van der Waals surface area contributed by atoms with Crippen LogP contribution in [-0.2, 0) is 16.1 Å². The van der Waals surface area contributed by atoms with E-state index in [9.17, 15) is 9.59 Å². The van der Waals surface area contributed by atoms with Crippen LogP contribution in [0.2, 0.25) is 0 Å². The lowest BCUT2D eigenvalue weighted by Gasteiger charge is -2.27. The molecule has 1 aromatic carbocycles. The van der Waals surface area contributed by atoms with Crippen molar-refractivity contribution >= 4 is 11.8 Å². The molecule has 2 amide bonds. The summed E-state index contributed by atoms with van der Waals surface area (Å²) in [6, 6.07) is 9.92. The van der Waals surface area contributed by atoms with Gasteiger partial charge in [0.25, 0.3) is 0 Å². The second-order valence-electron chi connectivity index (χ2n) is 6.60. The highest BCUT2D eigenvalue weighted by Gasteiger charge is 2.35. The molecule has 0 bridgehead atoms. The molecule has 1 aromatic heterocycles. The van der Waals surface area contributed by atoms with E-state index in [1.54, 1.807) is 6.20 Å². The highest BCUT2D eigenvalue weighted by molar-refractivity contribution is 5.80. The maximum Gasteiger partial charge on any atom is 0.220 e. The molecule has 0 saturated carbocycles. The van der Waals surface area contributed by atoms with Crippen LogP contribution >= 0.6 is 0 Å². The van der Waals surface area contributed by atoms with Crippen LogP contribution in [0.25, 0.3) is 11.3 Å². The second-order valence-corrected chi connectivity index (χ2v) is 6.60. The van der Waals surface area contributed by atoms with E-state index in [1.807, 2.05) is 30.3 Å². The molecule has 1 atom stereocenters. The number of rotatable bonds is 7. The van der Waals surface area contributed by atoms with Gasteiger partial charge in [-0.2, -0.15) is 5.10 Å². The lowest BCUT2D eigenvalue weighted by Crippen LogP contribution is -2.42. The molecule has 2 heterocycles. The molecule has 3 N–H and O–H groups in total. The van der Waals surface area contributed by atoms with Crippen LogP contribution < -0.4 is 10.6 Å². The minimum absolute atomic E-state index is 0.00538. The third-order valence-electron chi connectivity index (χ3n) is 5.00. The predicted octanol–water partition coefficient (Wildman–Crippen LogP) is 2.53. The van der Waals surface area contributed by atoms with Gasteiger partial charge in [0.15, 0.2) is 0 Å². The fourth-order valence-electron chi connectivity index (χ4n) is 3.34. The number of hydrogen-bond acceptors (Lipinski definition) is 3. The highest BCUT2D eigenvalue weighted by Crippen LogP contribution is 2.28. The summed E-state index contributed by atoms with van der Waals surface area (Å²) in [5, 5.41) is 13.1. The molecule has 0 spiro atoms. The molecule has 1 aliphatic rings. The van der Waals surface area contributed by atoms with Crippen LogP contribution in [0.1, 0.15) is 44.6 Å². The minimum Gasteiger partial charge on any atom is -0.352 e.